The van der Waals surface area contributed by atoms with Crippen LogP contribution in [0, 0.1) is 0 Å². The topological polar surface area (TPSA) is 81.7 Å². The summed E-state index contributed by atoms with van der Waals surface area (Å²) in [5.41, 5.74) is 1.71. The number of amides is 1. The molecular formula is C15H18ClN3O4S. The average molecular weight is 372 g/mol. The van der Waals surface area contributed by atoms with E-state index in [0.29, 0.717) is 24.0 Å². The molecule has 0 atom stereocenters. The Kier molecular flexibility index (Phi) is 6.80. The quantitative estimate of drug-likeness (QED) is 0.726. The Balaban J connectivity index is 0.00000208. The van der Waals surface area contributed by atoms with Crippen LogP contribution in [0.3, 0.4) is 0 Å². The van der Waals surface area contributed by atoms with Gasteiger partial charge in [-0.2, -0.15) is 0 Å². The lowest BCUT2D eigenvalue weighted by Crippen LogP contribution is -2.30. The number of thiazole rings is 1. The molecule has 2 N–H and O–H groups in total. The van der Waals surface area contributed by atoms with Crippen molar-refractivity contribution in [3.05, 3.63) is 23.6 Å². The minimum absolute atomic E-state index is 0. The Labute approximate surface area is 149 Å². The lowest BCUT2D eigenvalue weighted by atomic mass is 10.1. The van der Waals surface area contributed by atoms with Crippen molar-refractivity contribution >= 4 is 34.8 Å². The van der Waals surface area contributed by atoms with Crippen molar-refractivity contribution in [2.24, 2.45) is 0 Å². The maximum absolute atomic E-state index is 11.8. The van der Waals surface area contributed by atoms with Gasteiger partial charge in [0.2, 0.25) is 12.7 Å². The zero-order chi connectivity index (χ0) is 16.1. The van der Waals surface area contributed by atoms with Crippen LogP contribution in [0.25, 0.3) is 11.3 Å². The number of aromatic nitrogens is 1. The van der Waals surface area contributed by atoms with E-state index in [-0.39, 0.29) is 31.7 Å². The van der Waals surface area contributed by atoms with E-state index in [9.17, 15) is 4.79 Å². The van der Waals surface area contributed by atoms with E-state index in [2.05, 4.69) is 15.6 Å². The largest absolute Gasteiger partial charge is 0.454 e. The third-order valence-corrected chi connectivity index (χ3v) is 3.95. The van der Waals surface area contributed by atoms with E-state index < -0.39 is 0 Å². The fourth-order valence-electron chi connectivity index (χ4n) is 2.06. The monoisotopic (exact) mass is 371 g/mol. The first-order valence-electron chi connectivity index (χ1n) is 7.11. The van der Waals surface area contributed by atoms with Gasteiger partial charge >= 0.3 is 0 Å². The molecule has 130 valence electrons. The highest BCUT2D eigenvalue weighted by molar-refractivity contribution is 7.14. The Morgan fingerprint density at radius 3 is 3.04 bits per heavy atom. The number of hydrogen-bond donors (Lipinski definition) is 2. The van der Waals surface area contributed by atoms with Gasteiger partial charge in [0.15, 0.2) is 16.6 Å². The molecule has 0 radical (unpaired) electrons. The second-order valence-corrected chi connectivity index (χ2v) is 5.68. The third kappa shape index (κ3) is 4.57. The number of nitrogens with zero attached hydrogens (tertiary/aromatic N) is 1. The molecule has 2 heterocycles. The summed E-state index contributed by atoms with van der Waals surface area (Å²) in [5, 5.41) is 8.21. The number of anilines is 1. The minimum Gasteiger partial charge on any atom is -0.454 e. The molecule has 1 aromatic carbocycles. The summed E-state index contributed by atoms with van der Waals surface area (Å²) in [7, 11) is 1.62. The first kappa shape index (κ1) is 18.5. The number of benzene rings is 1. The van der Waals surface area contributed by atoms with Crippen molar-refractivity contribution in [3.8, 4) is 22.8 Å². The number of nitrogens with one attached hydrogen (secondary N) is 2. The second-order valence-electron chi connectivity index (χ2n) is 4.82. The number of ether oxygens (including phenoxy) is 3. The fraction of sp³-hybridized carbons (Fsp3) is 0.333. The molecule has 1 aliphatic heterocycles. The van der Waals surface area contributed by atoms with Gasteiger partial charge < -0.3 is 24.8 Å². The van der Waals surface area contributed by atoms with E-state index in [1.807, 2.05) is 23.6 Å². The van der Waals surface area contributed by atoms with Crippen molar-refractivity contribution < 1.29 is 19.0 Å². The van der Waals surface area contributed by atoms with Crippen molar-refractivity contribution in [1.29, 1.82) is 0 Å². The molecule has 1 aromatic heterocycles. The highest BCUT2D eigenvalue weighted by Gasteiger charge is 2.15. The summed E-state index contributed by atoms with van der Waals surface area (Å²) in [6.45, 7) is 1.67. The van der Waals surface area contributed by atoms with Gasteiger partial charge in [0, 0.05) is 24.6 Å². The Morgan fingerprint density at radius 2 is 2.21 bits per heavy atom. The van der Waals surface area contributed by atoms with E-state index in [1.165, 1.54) is 11.3 Å². The SMILES string of the molecule is COCCNCC(=O)Nc1nc(-c2ccc3c(c2)OCO3)cs1.Cl. The molecule has 1 amide bonds. The lowest BCUT2D eigenvalue weighted by Gasteiger charge is -2.03. The molecule has 24 heavy (non-hydrogen) atoms. The van der Waals surface area contributed by atoms with Crippen molar-refractivity contribution in [3.63, 3.8) is 0 Å². The lowest BCUT2D eigenvalue weighted by molar-refractivity contribution is -0.115. The number of carbonyl (C=O) groups excluding carboxylic acids is 1. The normalized spacial score (nSPS) is 11.9. The number of hydrogen-bond acceptors (Lipinski definition) is 7. The van der Waals surface area contributed by atoms with Gasteiger partial charge in [0.25, 0.3) is 0 Å². The van der Waals surface area contributed by atoms with E-state index in [1.54, 1.807) is 7.11 Å². The molecule has 0 aliphatic carbocycles. The molecule has 0 saturated carbocycles. The second kappa shape index (κ2) is 8.84. The molecule has 3 rings (SSSR count). The number of halogens is 1. The molecule has 0 spiro atoms. The summed E-state index contributed by atoms with van der Waals surface area (Å²) in [4.78, 5) is 16.2. The first-order chi connectivity index (χ1) is 11.3. The van der Waals surface area contributed by atoms with Crippen LogP contribution in [0.4, 0.5) is 5.13 Å². The Bertz CT molecular complexity index is 695. The minimum atomic E-state index is -0.132. The summed E-state index contributed by atoms with van der Waals surface area (Å²) in [6.07, 6.45) is 0. The van der Waals surface area contributed by atoms with Crippen LogP contribution in [0.5, 0.6) is 11.5 Å². The van der Waals surface area contributed by atoms with Gasteiger partial charge in [-0.3, -0.25) is 4.79 Å². The summed E-state index contributed by atoms with van der Waals surface area (Å²) in [6, 6.07) is 5.66. The standard InChI is InChI=1S/C15H17N3O4S.ClH/c1-20-5-4-16-7-14(19)18-15-17-11(8-23-15)10-2-3-12-13(6-10)22-9-21-12;/h2-3,6,8,16H,4-5,7,9H2,1H3,(H,17,18,19);1H. The summed E-state index contributed by atoms with van der Waals surface area (Å²) in [5.74, 6) is 1.32. The Morgan fingerprint density at radius 1 is 1.38 bits per heavy atom. The predicted octanol–water partition coefficient (Wildman–Crippen LogP) is 2.14. The molecule has 2 aromatic rings. The maximum atomic E-state index is 11.8. The van der Waals surface area contributed by atoms with Gasteiger partial charge in [-0.25, -0.2) is 4.98 Å². The number of carbonyl (C=O) groups is 1. The van der Waals surface area contributed by atoms with Crippen LogP contribution in [0.2, 0.25) is 0 Å². The van der Waals surface area contributed by atoms with Crippen LogP contribution in [-0.2, 0) is 9.53 Å². The van der Waals surface area contributed by atoms with Gasteiger partial charge in [-0.05, 0) is 18.2 Å². The molecule has 0 bridgehead atoms. The van der Waals surface area contributed by atoms with Gasteiger partial charge in [-0.15, -0.1) is 23.7 Å². The maximum Gasteiger partial charge on any atom is 0.240 e. The van der Waals surface area contributed by atoms with Crippen LogP contribution >= 0.6 is 23.7 Å². The third-order valence-electron chi connectivity index (χ3n) is 3.19. The van der Waals surface area contributed by atoms with E-state index in [4.69, 9.17) is 14.2 Å². The molecule has 0 fully saturated rings. The molecule has 0 unspecified atom stereocenters. The van der Waals surface area contributed by atoms with Crippen LogP contribution in [0.1, 0.15) is 0 Å². The molecule has 9 heteroatoms. The van der Waals surface area contributed by atoms with Crippen LogP contribution in [-0.4, -0.2) is 44.5 Å². The van der Waals surface area contributed by atoms with Gasteiger partial charge in [-0.1, -0.05) is 0 Å². The Hall–Kier alpha value is -1.87. The first-order valence-corrected chi connectivity index (χ1v) is 7.99. The molecule has 0 saturated heterocycles. The van der Waals surface area contributed by atoms with Crippen molar-refractivity contribution in [2.45, 2.75) is 0 Å². The zero-order valence-electron chi connectivity index (χ0n) is 13.0. The molecule has 1 aliphatic rings. The van der Waals surface area contributed by atoms with Crippen molar-refractivity contribution in [2.75, 3.05) is 38.9 Å². The van der Waals surface area contributed by atoms with E-state index in [0.717, 1.165) is 17.0 Å². The van der Waals surface area contributed by atoms with Crippen molar-refractivity contribution in [1.82, 2.24) is 10.3 Å². The molecular weight excluding hydrogens is 354 g/mol. The number of rotatable bonds is 7. The molecule has 7 nitrogen and oxygen atoms in total. The fourth-order valence-corrected chi connectivity index (χ4v) is 2.80. The highest BCUT2D eigenvalue weighted by atomic mass is 35.5. The van der Waals surface area contributed by atoms with E-state index >= 15 is 0 Å². The summed E-state index contributed by atoms with van der Waals surface area (Å²) >= 11 is 1.38. The zero-order valence-corrected chi connectivity index (χ0v) is 14.7. The summed E-state index contributed by atoms with van der Waals surface area (Å²) < 4.78 is 15.6. The highest BCUT2D eigenvalue weighted by Crippen LogP contribution is 2.36. The average Bonchev–Trinajstić information content (AvgIpc) is 3.19. The number of methoxy groups -OCH3 is 1. The van der Waals surface area contributed by atoms with Gasteiger partial charge in [0.1, 0.15) is 0 Å². The van der Waals surface area contributed by atoms with Crippen LogP contribution < -0.4 is 20.1 Å². The smallest absolute Gasteiger partial charge is 0.240 e. The number of fused-ring (bicyclic) bond motifs is 1. The van der Waals surface area contributed by atoms with Crippen LogP contribution in [0.15, 0.2) is 23.6 Å². The predicted molar refractivity (Wildman–Crippen MR) is 94.3 cm³/mol. The van der Waals surface area contributed by atoms with Gasteiger partial charge in [0.05, 0.1) is 18.8 Å².